The van der Waals surface area contributed by atoms with E-state index in [1.165, 1.54) is 12.1 Å². The Kier molecular flexibility index (Phi) is 2.00. The van der Waals surface area contributed by atoms with E-state index in [2.05, 4.69) is 0 Å². The Bertz CT molecular complexity index is 467. The first-order valence-corrected chi connectivity index (χ1v) is 4.22. The average molecular weight is 203 g/mol. The third kappa shape index (κ3) is 1.14. The van der Waals surface area contributed by atoms with Gasteiger partial charge in [0.15, 0.2) is 0 Å². The molecule has 1 aliphatic heterocycles. The molecule has 0 aromatic heterocycles. The lowest BCUT2D eigenvalue weighted by Crippen LogP contribution is -2.42. The molecule has 1 aliphatic rings. The molecule has 0 amide bonds. The van der Waals surface area contributed by atoms with Gasteiger partial charge in [-0.1, -0.05) is 18.2 Å². The smallest absolute Gasteiger partial charge is 0.437 e. The fraction of sp³-hybridized carbons (Fsp3) is 0.111. The average Bonchev–Trinajstić information content (AvgIpc) is 2.54. The van der Waals surface area contributed by atoms with Gasteiger partial charge in [-0.15, -0.1) is 0 Å². The fourth-order valence-electron chi connectivity index (χ4n) is 1.57. The first-order valence-electron chi connectivity index (χ1n) is 4.22. The molecular weight excluding hydrogens is 197 g/mol. The van der Waals surface area contributed by atoms with Crippen molar-refractivity contribution in [2.45, 2.75) is 5.50 Å². The predicted molar refractivity (Wildman–Crippen MR) is 49.3 cm³/mol. The minimum absolute atomic E-state index is 0.187. The molecule has 0 radical (unpaired) electrons. The van der Waals surface area contributed by atoms with E-state index in [9.17, 15) is 4.79 Å². The molecular formula is C9H6BNO4. The number of carbonyl (C=O) groups is 1. The van der Waals surface area contributed by atoms with Crippen LogP contribution >= 0.6 is 0 Å². The van der Waals surface area contributed by atoms with Gasteiger partial charge >= 0.3 is 13.1 Å². The number of esters is 1. The number of hydrogen-bond acceptors (Lipinski definition) is 5. The molecule has 0 aliphatic carbocycles. The van der Waals surface area contributed by atoms with Gasteiger partial charge in [0.25, 0.3) is 5.50 Å². The molecule has 0 fully saturated rings. The van der Waals surface area contributed by atoms with Crippen LogP contribution in [0.5, 0.6) is 0 Å². The Morgan fingerprint density at radius 2 is 2.07 bits per heavy atom. The third-order valence-corrected chi connectivity index (χ3v) is 2.33. The van der Waals surface area contributed by atoms with Crippen molar-refractivity contribution < 1.29 is 19.6 Å². The maximum atomic E-state index is 11.3. The number of fused-ring (bicyclic) bond motifs is 1. The van der Waals surface area contributed by atoms with E-state index in [0.717, 1.165) is 0 Å². The minimum atomic E-state index is -2.06. The Labute approximate surface area is 85.7 Å². The molecule has 0 saturated heterocycles. The van der Waals surface area contributed by atoms with Crippen LogP contribution in [0.15, 0.2) is 24.3 Å². The molecule has 1 aromatic carbocycles. The van der Waals surface area contributed by atoms with Crippen molar-refractivity contribution in [1.82, 2.24) is 0 Å². The van der Waals surface area contributed by atoms with E-state index >= 15 is 0 Å². The number of carbonyl (C=O) groups excluding carboxylic acids is 1. The summed E-state index contributed by atoms with van der Waals surface area (Å²) >= 11 is 0. The summed E-state index contributed by atoms with van der Waals surface area (Å²) in [6, 6.07) is 7.75. The first kappa shape index (κ1) is 9.71. The van der Waals surface area contributed by atoms with Gasteiger partial charge in [0.2, 0.25) is 0 Å². The zero-order valence-corrected chi connectivity index (χ0v) is 7.54. The highest BCUT2D eigenvalue weighted by molar-refractivity contribution is 6.47. The lowest BCUT2D eigenvalue weighted by molar-refractivity contribution is 0.0305. The summed E-state index contributed by atoms with van der Waals surface area (Å²) in [6.07, 6.45) is 0. The second kappa shape index (κ2) is 3.09. The topological polar surface area (TPSA) is 90.6 Å². The Morgan fingerprint density at radius 1 is 1.40 bits per heavy atom. The van der Waals surface area contributed by atoms with Gasteiger partial charge in [0.1, 0.15) is 6.07 Å². The number of nitrogens with zero attached hydrogens (tertiary/aromatic N) is 1. The van der Waals surface area contributed by atoms with E-state index in [1.54, 1.807) is 18.2 Å². The molecule has 1 heterocycles. The van der Waals surface area contributed by atoms with Gasteiger partial charge in [0.05, 0.1) is 5.56 Å². The number of rotatable bonds is 1. The number of nitriles is 1. The Morgan fingerprint density at radius 3 is 2.67 bits per heavy atom. The van der Waals surface area contributed by atoms with Crippen LogP contribution in [0.2, 0.25) is 0 Å². The van der Waals surface area contributed by atoms with Crippen LogP contribution in [0.3, 0.4) is 0 Å². The summed E-state index contributed by atoms with van der Waals surface area (Å²) in [5.41, 5.74) is -1.62. The number of hydrogen-bond donors (Lipinski definition) is 2. The van der Waals surface area contributed by atoms with Crippen molar-refractivity contribution in [3.63, 3.8) is 0 Å². The number of ether oxygens (including phenoxy) is 1. The minimum Gasteiger partial charge on any atom is -0.437 e. The van der Waals surface area contributed by atoms with E-state index in [-0.39, 0.29) is 11.1 Å². The summed E-state index contributed by atoms with van der Waals surface area (Å²) in [6.45, 7) is 0. The van der Waals surface area contributed by atoms with Crippen LogP contribution in [-0.2, 0) is 10.2 Å². The van der Waals surface area contributed by atoms with Crippen LogP contribution in [0.1, 0.15) is 15.9 Å². The van der Waals surface area contributed by atoms with E-state index in [1.807, 2.05) is 0 Å². The zero-order chi connectivity index (χ0) is 11.1. The second-order valence-electron chi connectivity index (χ2n) is 3.16. The van der Waals surface area contributed by atoms with Crippen LogP contribution in [0.4, 0.5) is 0 Å². The SMILES string of the molecule is N#CC1(B(O)O)OC(=O)c2ccccc21. The Balaban J connectivity index is 2.67. The van der Waals surface area contributed by atoms with Crippen molar-refractivity contribution in [2.75, 3.05) is 0 Å². The summed E-state index contributed by atoms with van der Waals surface area (Å²) in [5.74, 6) is -0.722. The van der Waals surface area contributed by atoms with Gasteiger partial charge < -0.3 is 14.8 Å². The molecule has 6 heteroatoms. The molecule has 2 rings (SSSR count). The van der Waals surface area contributed by atoms with E-state index in [0.29, 0.717) is 0 Å². The first-order chi connectivity index (χ1) is 7.12. The van der Waals surface area contributed by atoms with Crippen molar-refractivity contribution in [1.29, 1.82) is 5.26 Å². The van der Waals surface area contributed by atoms with Crippen molar-refractivity contribution in [3.05, 3.63) is 35.4 Å². The molecule has 0 saturated carbocycles. The van der Waals surface area contributed by atoms with E-state index in [4.69, 9.17) is 20.0 Å². The number of cyclic esters (lactones) is 1. The molecule has 0 spiro atoms. The quantitative estimate of drug-likeness (QED) is 0.478. The Hall–Kier alpha value is -1.84. The summed E-state index contributed by atoms with van der Waals surface area (Å²) < 4.78 is 4.73. The summed E-state index contributed by atoms with van der Waals surface area (Å²) in [5, 5.41) is 27.2. The lowest BCUT2D eigenvalue weighted by atomic mass is 9.65. The van der Waals surface area contributed by atoms with E-state index < -0.39 is 18.6 Å². The van der Waals surface area contributed by atoms with Crippen molar-refractivity contribution in [2.24, 2.45) is 0 Å². The van der Waals surface area contributed by atoms with Crippen LogP contribution in [0, 0.1) is 11.3 Å². The summed E-state index contributed by atoms with van der Waals surface area (Å²) in [7, 11) is -2.06. The largest absolute Gasteiger partial charge is 0.519 e. The molecule has 1 aromatic rings. The zero-order valence-electron chi connectivity index (χ0n) is 7.54. The van der Waals surface area contributed by atoms with Gasteiger partial charge in [-0.3, -0.25) is 0 Å². The normalized spacial score (nSPS) is 22.9. The third-order valence-electron chi connectivity index (χ3n) is 2.33. The maximum Gasteiger partial charge on any atom is 0.519 e. The molecule has 1 unspecified atom stereocenters. The second-order valence-corrected chi connectivity index (χ2v) is 3.16. The molecule has 0 bridgehead atoms. The molecule has 74 valence electrons. The van der Waals surface area contributed by atoms with Gasteiger partial charge in [-0.05, 0) is 6.07 Å². The van der Waals surface area contributed by atoms with Crippen LogP contribution < -0.4 is 0 Å². The predicted octanol–water partition coefficient (Wildman–Crippen LogP) is -0.412. The van der Waals surface area contributed by atoms with Gasteiger partial charge in [-0.2, -0.15) is 5.26 Å². The van der Waals surface area contributed by atoms with Crippen LogP contribution in [0.25, 0.3) is 0 Å². The monoisotopic (exact) mass is 203 g/mol. The molecule has 2 N–H and O–H groups in total. The molecule has 1 atom stereocenters. The number of benzene rings is 1. The fourth-order valence-corrected chi connectivity index (χ4v) is 1.57. The molecule has 5 nitrogen and oxygen atoms in total. The van der Waals surface area contributed by atoms with Gasteiger partial charge in [-0.25, -0.2) is 4.79 Å². The highest BCUT2D eigenvalue weighted by Crippen LogP contribution is 2.36. The van der Waals surface area contributed by atoms with Gasteiger partial charge in [0, 0.05) is 5.56 Å². The molecule has 15 heavy (non-hydrogen) atoms. The highest BCUT2D eigenvalue weighted by Gasteiger charge is 2.55. The summed E-state index contributed by atoms with van der Waals surface area (Å²) in [4.78, 5) is 11.3. The maximum absolute atomic E-state index is 11.3. The standard InChI is InChI=1S/C9H6BNO4/c11-5-9(10(13)14)7-4-2-1-3-6(7)8(12)15-9/h1-4,13-14H. The lowest BCUT2D eigenvalue weighted by Gasteiger charge is -2.18. The highest BCUT2D eigenvalue weighted by atomic mass is 16.6. The van der Waals surface area contributed by atoms with Crippen LogP contribution in [-0.4, -0.2) is 23.1 Å². The van der Waals surface area contributed by atoms with Crippen molar-refractivity contribution in [3.8, 4) is 6.07 Å². The van der Waals surface area contributed by atoms with Crippen molar-refractivity contribution >= 4 is 13.1 Å².